The lowest BCUT2D eigenvalue weighted by molar-refractivity contribution is 0.531. The van der Waals surface area contributed by atoms with Crippen molar-refractivity contribution in [3.05, 3.63) is 77.8 Å². The summed E-state index contributed by atoms with van der Waals surface area (Å²) < 4.78 is 7.03. The Balaban J connectivity index is 0.000000341. The standard InChI is InChI=1S/C7H8BrN.C6H8BrN.C5H5BrO.CH4/c1-6-2-7(3-8)5-9-4-6;1-8-4-2-3-6(8)5-7;6-4-5-2-1-3-7-5;/h2,4-5H,3H2,1H3;2-4H,5H2,1H3;1-3H,4H2;1H4. The molecule has 0 aromatic carbocycles. The maximum Gasteiger partial charge on any atom is 0.114 e. The molecule has 0 radical (unpaired) electrons. The van der Waals surface area contributed by atoms with Crippen LogP contribution in [0.5, 0.6) is 0 Å². The summed E-state index contributed by atoms with van der Waals surface area (Å²) in [6.45, 7) is 2.04. The molecule has 0 saturated carbocycles. The third-order valence-corrected chi connectivity index (χ3v) is 4.76. The molecule has 0 saturated heterocycles. The number of aryl methyl sites for hydroxylation is 2. The summed E-state index contributed by atoms with van der Waals surface area (Å²) in [5, 5.41) is 2.64. The molecule has 0 spiro atoms. The van der Waals surface area contributed by atoms with E-state index in [0.29, 0.717) is 0 Å². The van der Waals surface area contributed by atoms with Gasteiger partial charge in [-0.2, -0.15) is 0 Å². The number of hydrogen-bond donors (Lipinski definition) is 0. The molecule has 6 heteroatoms. The zero-order valence-electron chi connectivity index (χ0n) is 13.8. The number of aromatic nitrogens is 2. The Morgan fingerprint density at radius 2 is 1.80 bits per heavy atom. The highest BCUT2D eigenvalue weighted by molar-refractivity contribution is 9.09. The number of nitrogens with zero attached hydrogens (tertiary/aromatic N) is 2. The number of halogens is 3. The molecule has 0 atom stereocenters. The number of pyridine rings is 1. The van der Waals surface area contributed by atoms with Crippen molar-refractivity contribution in [2.24, 2.45) is 7.05 Å². The molecular formula is C19H25Br3N2O. The van der Waals surface area contributed by atoms with E-state index >= 15 is 0 Å². The van der Waals surface area contributed by atoms with Crippen LogP contribution in [-0.2, 0) is 23.0 Å². The summed E-state index contributed by atoms with van der Waals surface area (Å²) in [5.74, 6) is 0.972. The van der Waals surface area contributed by atoms with Crippen LogP contribution in [0.4, 0.5) is 0 Å². The Hall–Kier alpha value is -0.850. The molecule has 0 N–H and O–H groups in total. The molecule has 0 aliphatic heterocycles. The van der Waals surface area contributed by atoms with Gasteiger partial charge in [0.1, 0.15) is 5.76 Å². The largest absolute Gasteiger partial charge is 0.468 e. The molecule has 3 aromatic heterocycles. The predicted molar refractivity (Wildman–Crippen MR) is 118 cm³/mol. The molecule has 0 aliphatic carbocycles. The average Bonchev–Trinajstić information content (AvgIpc) is 3.27. The maximum absolute atomic E-state index is 4.94. The number of rotatable bonds is 3. The van der Waals surface area contributed by atoms with Crippen LogP contribution in [0.3, 0.4) is 0 Å². The van der Waals surface area contributed by atoms with E-state index in [1.54, 1.807) is 6.26 Å². The Bertz CT molecular complexity index is 682. The molecule has 0 aliphatic rings. The molecule has 0 unspecified atom stereocenters. The lowest BCUT2D eigenvalue weighted by Gasteiger charge is -1.94. The SMILES string of the molecule is BrCc1ccco1.C.Cc1cncc(CBr)c1.Cn1cccc1CBr. The molecule has 25 heavy (non-hydrogen) atoms. The van der Waals surface area contributed by atoms with Gasteiger partial charge in [0, 0.05) is 42.0 Å². The van der Waals surface area contributed by atoms with Crippen molar-refractivity contribution < 1.29 is 4.42 Å². The fourth-order valence-electron chi connectivity index (χ4n) is 1.71. The minimum atomic E-state index is 0. The first kappa shape index (κ1) is 24.1. The van der Waals surface area contributed by atoms with Crippen molar-refractivity contribution >= 4 is 47.8 Å². The minimum Gasteiger partial charge on any atom is -0.468 e. The van der Waals surface area contributed by atoms with E-state index in [1.807, 2.05) is 50.8 Å². The zero-order chi connectivity index (χ0) is 17.8. The van der Waals surface area contributed by atoms with Crippen molar-refractivity contribution in [1.29, 1.82) is 0 Å². The van der Waals surface area contributed by atoms with Gasteiger partial charge in [-0.15, -0.1) is 0 Å². The summed E-state index contributed by atoms with van der Waals surface area (Å²) in [4.78, 5) is 4.03. The fourth-order valence-corrected chi connectivity index (χ4v) is 2.92. The molecule has 3 aromatic rings. The molecular weight excluding hydrogens is 512 g/mol. The molecule has 3 heterocycles. The molecule has 3 rings (SSSR count). The second-order valence-electron chi connectivity index (χ2n) is 4.96. The highest BCUT2D eigenvalue weighted by Crippen LogP contribution is 2.05. The number of hydrogen-bond acceptors (Lipinski definition) is 2. The lowest BCUT2D eigenvalue weighted by atomic mass is 10.2. The first-order chi connectivity index (χ1) is 11.6. The Morgan fingerprint density at radius 3 is 2.12 bits per heavy atom. The van der Waals surface area contributed by atoms with Gasteiger partial charge in [-0.1, -0.05) is 61.3 Å². The average molecular weight is 537 g/mol. The van der Waals surface area contributed by atoms with Crippen molar-refractivity contribution in [3.8, 4) is 0 Å². The second-order valence-corrected chi connectivity index (χ2v) is 6.64. The van der Waals surface area contributed by atoms with Crippen molar-refractivity contribution in [2.75, 3.05) is 0 Å². The van der Waals surface area contributed by atoms with Crippen LogP contribution >= 0.6 is 47.8 Å². The third-order valence-electron chi connectivity index (χ3n) is 2.99. The Labute approximate surface area is 176 Å². The maximum atomic E-state index is 4.94. The second kappa shape index (κ2) is 14.3. The lowest BCUT2D eigenvalue weighted by Crippen LogP contribution is -1.88. The van der Waals surface area contributed by atoms with Gasteiger partial charge in [0.05, 0.1) is 11.6 Å². The van der Waals surface area contributed by atoms with E-state index in [1.165, 1.54) is 16.8 Å². The van der Waals surface area contributed by atoms with E-state index in [-0.39, 0.29) is 7.43 Å². The highest BCUT2D eigenvalue weighted by Gasteiger charge is 1.90. The Morgan fingerprint density at radius 1 is 1.04 bits per heavy atom. The monoisotopic (exact) mass is 534 g/mol. The minimum absolute atomic E-state index is 0. The van der Waals surface area contributed by atoms with Gasteiger partial charge >= 0.3 is 0 Å². The summed E-state index contributed by atoms with van der Waals surface area (Å²) in [6.07, 6.45) is 7.42. The van der Waals surface area contributed by atoms with Crippen molar-refractivity contribution in [1.82, 2.24) is 9.55 Å². The van der Waals surface area contributed by atoms with E-state index in [0.717, 1.165) is 21.8 Å². The normalized spacial score (nSPS) is 9.16. The highest BCUT2D eigenvalue weighted by atomic mass is 79.9. The topological polar surface area (TPSA) is 31.0 Å². The van der Waals surface area contributed by atoms with Gasteiger partial charge in [0.15, 0.2) is 0 Å². The van der Waals surface area contributed by atoms with Crippen LogP contribution in [0.1, 0.15) is 30.0 Å². The predicted octanol–water partition coefficient (Wildman–Crippen LogP) is 7.02. The van der Waals surface area contributed by atoms with Gasteiger partial charge in [-0.25, -0.2) is 0 Å². The smallest absolute Gasteiger partial charge is 0.114 e. The van der Waals surface area contributed by atoms with Gasteiger partial charge in [-0.05, 0) is 42.3 Å². The van der Waals surface area contributed by atoms with Crippen LogP contribution in [0.25, 0.3) is 0 Å². The number of alkyl halides is 3. The summed E-state index contributed by atoms with van der Waals surface area (Å²) in [5.41, 5.74) is 3.76. The van der Waals surface area contributed by atoms with E-state index in [9.17, 15) is 0 Å². The first-order valence-corrected chi connectivity index (χ1v) is 10.7. The molecule has 138 valence electrons. The van der Waals surface area contributed by atoms with E-state index in [2.05, 4.69) is 69.5 Å². The van der Waals surface area contributed by atoms with E-state index < -0.39 is 0 Å². The van der Waals surface area contributed by atoms with Crippen LogP contribution in [0.2, 0.25) is 0 Å². The van der Waals surface area contributed by atoms with Crippen LogP contribution in [0.15, 0.2) is 59.6 Å². The molecule has 3 nitrogen and oxygen atoms in total. The van der Waals surface area contributed by atoms with Crippen LogP contribution in [-0.4, -0.2) is 9.55 Å². The molecule has 0 bridgehead atoms. The summed E-state index contributed by atoms with van der Waals surface area (Å²) in [7, 11) is 2.04. The van der Waals surface area contributed by atoms with Crippen molar-refractivity contribution in [2.45, 2.75) is 30.3 Å². The summed E-state index contributed by atoms with van der Waals surface area (Å²) in [6, 6.07) is 10.0. The third kappa shape index (κ3) is 10.0. The molecule has 0 fully saturated rings. The number of furan rings is 1. The van der Waals surface area contributed by atoms with Gasteiger partial charge in [-0.3, -0.25) is 4.98 Å². The molecule has 0 amide bonds. The van der Waals surface area contributed by atoms with Crippen LogP contribution < -0.4 is 0 Å². The first-order valence-electron chi connectivity index (χ1n) is 7.31. The van der Waals surface area contributed by atoms with Crippen LogP contribution in [0, 0.1) is 6.92 Å². The van der Waals surface area contributed by atoms with Gasteiger partial charge < -0.3 is 8.98 Å². The summed E-state index contributed by atoms with van der Waals surface area (Å²) >= 11 is 9.96. The van der Waals surface area contributed by atoms with Gasteiger partial charge in [0.2, 0.25) is 0 Å². The zero-order valence-corrected chi connectivity index (χ0v) is 18.5. The quantitative estimate of drug-likeness (QED) is 0.337. The van der Waals surface area contributed by atoms with E-state index in [4.69, 9.17) is 4.42 Å². The van der Waals surface area contributed by atoms with Crippen molar-refractivity contribution in [3.63, 3.8) is 0 Å². The van der Waals surface area contributed by atoms with Gasteiger partial charge in [0.25, 0.3) is 0 Å². The Kier molecular flexibility index (Phi) is 13.8. The fraction of sp³-hybridized carbons (Fsp3) is 0.316.